The highest BCUT2D eigenvalue weighted by Gasteiger charge is 2.28. The van der Waals surface area contributed by atoms with Crippen molar-refractivity contribution >= 4 is 34.6 Å². The summed E-state index contributed by atoms with van der Waals surface area (Å²) in [5.74, 6) is -1.05. The van der Waals surface area contributed by atoms with Gasteiger partial charge in [-0.3, -0.25) is 4.79 Å². The molecule has 0 unspecified atom stereocenters. The van der Waals surface area contributed by atoms with Gasteiger partial charge in [0.05, 0.1) is 42.0 Å². The number of rotatable bonds is 6. The number of hydrogen-bond donors (Lipinski definition) is 0. The maximum Gasteiger partial charge on any atom is 0.340 e. The Hall–Kier alpha value is -2.93. The number of halogens is 1. The minimum Gasteiger partial charge on any atom is -0.466 e. The number of benzene rings is 1. The lowest BCUT2D eigenvalue weighted by atomic mass is 9.95. The Kier molecular flexibility index (Phi) is 5.94. The summed E-state index contributed by atoms with van der Waals surface area (Å²) in [6.45, 7) is 5.56. The molecule has 0 spiro atoms. The number of fused-ring (bicyclic) bond motifs is 1. The topological polar surface area (TPSA) is 91.5 Å². The minimum absolute atomic E-state index is 0.135. The van der Waals surface area contributed by atoms with Gasteiger partial charge in [-0.25, -0.2) is 9.78 Å². The third kappa shape index (κ3) is 3.84. The van der Waals surface area contributed by atoms with Crippen molar-refractivity contribution < 1.29 is 23.6 Å². The molecule has 0 bridgehead atoms. The number of ether oxygens (including phenoxy) is 2. The van der Waals surface area contributed by atoms with Crippen molar-refractivity contribution in [2.24, 2.45) is 0 Å². The largest absolute Gasteiger partial charge is 0.466 e. The third-order valence-corrected chi connectivity index (χ3v) is 4.37. The number of esters is 2. The molecule has 28 heavy (non-hydrogen) atoms. The van der Waals surface area contributed by atoms with Gasteiger partial charge in [0.1, 0.15) is 0 Å². The lowest BCUT2D eigenvalue weighted by molar-refractivity contribution is -0.142. The molecule has 146 valence electrons. The monoisotopic (exact) mass is 402 g/mol. The third-order valence-electron chi connectivity index (χ3n) is 4.12. The number of aromatic nitrogens is 2. The number of carbonyl (C=O) groups excluding carboxylic acids is 2. The van der Waals surface area contributed by atoms with Crippen LogP contribution in [-0.4, -0.2) is 35.3 Å². The summed E-state index contributed by atoms with van der Waals surface area (Å²) < 4.78 is 15.7. The van der Waals surface area contributed by atoms with Crippen LogP contribution in [0.4, 0.5) is 0 Å². The van der Waals surface area contributed by atoms with Gasteiger partial charge in [-0.1, -0.05) is 28.9 Å². The van der Waals surface area contributed by atoms with E-state index in [1.54, 1.807) is 45.0 Å². The average molecular weight is 403 g/mol. The molecule has 0 atom stereocenters. The van der Waals surface area contributed by atoms with Gasteiger partial charge in [0.25, 0.3) is 5.71 Å². The Morgan fingerprint density at radius 1 is 1.11 bits per heavy atom. The summed E-state index contributed by atoms with van der Waals surface area (Å²) in [6.07, 6.45) is -0.135. The van der Waals surface area contributed by atoms with Gasteiger partial charge >= 0.3 is 11.9 Å². The lowest BCUT2D eigenvalue weighted by Crippen LogP contribution is -2.16. The highest BCUT2D eigenvalue weighted by Crippen LogP contribution is 2.33. The Labute approximate surface area is 166 Å². The Morgan fingerprint density at radius 3 is 2.43 bits per heavy atom. The fourth-order valence-corrected chi connectivity index (χ4v) is 3.11. The molecular weight excluding hydrogens is 384 g/mol. The van der Waals surface area contributed by atoms with Crippen molar-refractivity contribution in [1.29, 1.82) is 0 Å². The minimum atomic E-state index is -0.582. The van der Waals surface area contributed by atoms with E-state index in [0.29, 0.717) is 32.9 Å². The van der Waals surface area contributed by atoms with Crippen molar-refractivity contribution in [3.05, 3.63) is 46.1 Å². The van der Waals surface area contributed by atoms with Gasteiger partial charge in [-0.05, 0) is 38.5 Å². The molecule has 7 nitrogen and oxygen atoms in total. The molecule has 1 aromatic carbocycles. The fraction of sp³-hybridized carbons (Fsp3) is 0.300. The van der Waals surface area contributed by atoms with E-state index in [2.05, 4.69) is 10.1 Å². The number of pyridine rings is 1. The number of aryl methyl sites for hydroxylation is 1. The predicted octanol–water partition coefficient (Wildman–Crippen LogP) is 4.13. The first-order chi connectivity index (χ1) is 13.5. The molecule has 3 aromatic rings. The molecule has 2 aromatic heterocycles. The number of nitrogens with zero attached hydrogens (tertiary/aromatic N) is 2. The van der Waals surface area contributed by atoms with Crippen LogP contribution in [0, 0.1) is 6.92 Å². The molecule has 0 aliphatic rings. The van der Waals surface area contributed by atoms with Crippen LogP contribution in [0.5, 0.6) is 0 Å². The van der Waals surface area contributed by atoms with Crippen LogP contribution < -0.4 is 0 Å². The van der Waals surface area contributed by atoms with Gasteiger partial charge in [-0.2, -0.15) is 0 Å². The van der Waals surface area contributed by atoms with E-state index in [0.717, 1.165) is 0 Å². The first-order valence-corrected chi connectivity index (χ1v) is 9.21. The van der Waals surface area contributed by atoms with Crippen molar-refractivity contribution in [1.82, 2.24) is 10.1 Å². The second kappa shape index (κ2) is 8.39. The zero-order chi connectivity index (χ0) is 20.3. The normalized spacial score (nSPS) is 10.9. The molecule has 8 heteroatoms. The van der Waals surface area contributed by atoms with E-state index in [4.69, 9.17) is 25.6 Å². The van der Waals surface area contributed by atoms with Crippen molar-refractivity contribution in [2.45, 2.75) is 27.2 Å². The molecule has 0 N–H and O–H groups in total. The summed E-state index contributed by atoms with van der Waals surface area (Å²) in [4.78, 5) is 29.6. The molecule has 0 amide bonds. The van der Waals surface area contributed by atoms with Crippen LogP contribution >= 0.6 is 11.6 Å². The van der Waals surface area contributed by atoms with Crippen molar-refractivity contribution in [3.8, 4) is 11.3 Å². The van der Waals surface area contributed by atoms with Crippen LogP contribution in [0.15, 0.2) is 28.8 Å². The smallest absolute Gasteiger partial charge is 0.340 e. The molecule has 3 rings (SSSR count). The summed E-state index contributed by atoms with van der Waals surface area (Å²) in [7, 11) is 0. The zero-order valence-corrected chi connectivity index (χ0v) is 16.5. The number of carbonyl (C=O) groups is 2. The summed E-state index contributed by atoms with van der Waals surface area (Å²) in [6, 6.07) is 6.84. The van der Waals surface area contributed by atoms with E-state index in [1.807, 2.05) is 0 Å². The van der Waals surface area contributed by atoms with Crippen LogP contribution in [-0.2, 0) is 20.7 Å². The van der Waals surface area contributed by atoms with E-state index in [9.17, 15) is 9.59 Å². The van der Waals surface area contributed by atoms with Crippen LogP contribution in [0.3, 0.4) is 0 Å². The first-order valence-electron chi connectivity index (χ1n) is 8.83. The van der Waals surface area contributed by atoms with E-state index >= 15 is 0 Å². The molecule has 0 radical (unpaired) electrons. The lowest BCUT2D eigenvalue weighted by Gasteiger charge is -2.14. The van der Waals surface area contributed by atoms with Crippen LogP contribution in [0.1, 0.15) is 35.5 Å². The van der Waals surface area contributed by atoms with E-state index in [1.165, 1.54) is 0 Å². The molecular formula is C20H19ClN2O5. The molecule has 2 heterocycles. The predicted molar refractivity (Wildman–Crippen MR) is 103 cm³/mol. The fourth-order valence-electron chi connectivity index (χ4n) is 2.98. The van der Waals surface area contributed by atoms with Gasteiger partial charge in [0.15, 0.2) is 0 Å². The molecule has 0 saturated heterocycles. The van der Waals surface area contributed by atoms with Gasteiger partial charge in [0, 0.05) is 10.6 Å². The highest BCUT2D eigenvalue weighted by molar-refractivity contribution is 6.30. The van der Waals surface area contributed by atoms with E-state index in [-0.39, 0.29) is 30.9 Å². The zero-order valence-electron chi connectivity index (χ0n) is 15.7. The Bertz CT molecular complexity index is 1030. The van der Waals surface area contributed by atoms with Crippen LogP contribution in [0.25, 0.3) is 22.4 Å². The maximum absolute atomic E-state index is 12.9. The second-order valence-corrected chi connectivity index (χ2v) is 6.41. The summed E-state index contributed by atoms with van der Waals surface area (Å²) in [5.41, 5.74) is 2.33. The number of hydrogen-bond acceptors (Lipinski definition) is 7. The van der Waals surface area contributed by atoms with Gasteiger partial charge < -0.3 is 14.0 Å². The standard InChI is InChI=1S/C20H19ClN2O5/c1-4-26-15(24)10-14-16-11(3)23-28-19(16)22-18(17(14)20(25)27-5-2)12-6-8-13(21)9-7-12/h6-9H,4-5,10H2,1-3H3. The average Bonchev–Trinajstić information content (AvgIpc) is 3.03. The SMILES string of the molecule is CCOC(=O)Cc1c(C(=O)OCC)c(-c2ccc(Cl)cc2)nc2onc(C)c12. The summed E-state index contributed by atoms with van der Waals surface area (Å²) >= 11 is 5.98. The quantitative estimate of drug-likeness (QED) is 0.572. The molecule has 0 saturated carbocycles. The van der Waals surface area contributed by atoms with Crippen molar-refractivity contribution in [3.63, 3.8) is 0 Å². The summed E-state index contributed by atoms with van der Waals surface area (Å²) in [5, 5.41) is 5.00. The molecule has 0 aliphatic carbocycles. The molecule has 0 fully saturated rings. The van der Waals surface area contributed by atoms with E-state index < -0.39 is 11.9 Å². The van der Waals surface area contributed by atoms with Crippen molar-refractivity contribution in [2.75, 3.05) is 13.2 Å². The van der Waals surface area contributed by atoms with Gasteiger partial charge in [-0.15, -0.1) is 0 Å². The van der Waals surface area contributed by atoms with Gasteiger partial charge in [0.2, 0.25) is 0 Å². The highest BCUT2D eigenvalue weighted by atomic mass is 35.5. The van der Waals surface area contributed by atoms with Crippen LogP contribution in [0.2, 0.25) is 5.02 Å². The first kappa shape index (κ1) is 19.8. The maximum atomic E-state index is 12.9. The Morgan fingerprint density at radius 2 is 1.79 bits per heavy atom. The second-order valence-electron chi connectivity index (χ2n) is 5.97. The molecule has 0 aliphatic heterocycles. The Balaban J connectivity index is 2.32.